The highest BCUT2D eigenvalue weighted by Gasteiger charge is 2.31. The highest BCUT2D eigenvalue weighted by Crippen LogP contribution is 2.29. The van der Waals surface area contributed by atoms with E-state index in [4.69, 9.17) is 9.15 Å². The Labute approximate surface area is 190 Å². The molecule has 0 bridgehead atoms. The molecule has 0 saturated carbocycles. The van der Waals surface area contributed by atoms with Gasteiger partial charge in [0, 0.05) is 31.8 Å². The van der Waals surface area contributed by atoms with Crippen LogP contribution < -0.4 is 16.0 Å². The van der Waals surface area contributed by atoms with E-state index in [-0.39, 0.29) is 17.8 Å². The SMILES string of the molecule is COC(C[C@@H]1CNC[C@H]1NC(=O)Nc1oc(-c2ccccc2)nc1C)c1ccc(F)c(F)c1. The molecule has 33 heavy (non-hydrogen) atoms. The molecule has 1 fully saturated rings. The number of benzene rings is 2. The highest BCUT2D eigenvalue weighted by atomic mass is 19.2. The van der Waals surface area contributed by atoms with Crippen LogP contribution in [0.25, 0.3) is 11.5 Å². The largest absolute Gasteiger partial charge is 0.420 e. The molecule has 1 unspecified atom stereocenters. The zero-order chi connectivity index (χ0) is 23.4. The third kappa shape index (κ3) is 5.37. The summed E-state index contributed by atoms with van der Waals surface area (Å²) in [5.74, 6) is -1.07. The number of amides is 2. The number of carbonyl (C=O) groups is 1. The lowest BCUT2D eigenvalue weighted by molar-refractivity contribution is 0.0788. The lowest BCUT2D eigenvalue weighted by Gasteiger charge is -2.24. The molecule has 3 atom stereocenters. The molecule has 1 saturated heterocycles. The average Bonchev–Trinajstić information content (AvgIpc) is 3.40. The van der Waals surface area contributed by atoms with Gasteiger partial charge in [-0.05, 0) is 49.1 Å². The molecular weight excluding hydrogens is 430 g/mol. The standard InChI is InChI=1S/C24H26F2N4O3/c1-14-22(33-23(28-14)15-6-4-3-5-7-15)30-24(31)29-20-13-27-12-17(20)11-21(32-2)16-8-9-18(25)19(26)10-16/h3-10,17,20-21,27H,11-13H2,1-2H3,(H2,29,30,31)/t17-,20-,21?/m1/s1. The van der Waals surface area contributed by atoms with Gasteiger partial charge < -0.3 is 19.8 Å². The van der Waals surface area contributed by atoms with Crippen LogP contribution in [0.15, 0.2) is 52.9 Å². The maximum Gasteiger partial charge on any atom is 0.321 e. The maximum absolute atomic E-state index is 13.7. The van der Waals surface area contributed by atoms with Crippen LogP contribution in [0.3, 0.4) is 0 Å². The van der Waals surface area contributed by atoms with Crippen LogP contribution in [0, 0.1) is 24.5 Å². The molecule has 4 rings (SSSR count). The van der Waals surface area contributed by atoms with Gasteiger partial charge in [0.2, 0.25) is 11.8 Å². The first-order valence-corrected chi connectivity index (χ1v) is 10.7. The molecule has 1 aliphatic rings. The molecule has 1 aromatic heterocycles. The number of methoxy groups -OCH3 is 1. The average molecular weight is 456 g/mol. The first-order valence-electron chi connectivity index (χ1n) is 10.7. The van der Waals surface area contributed by atoms with Crippen molar-refractivity contribution in [1.29, 1.82) is 0 Å². The number of oxazole rings is 1. The number of halogens is 2. The summed E-state index contributed by atoms with van der Waals surface area (Å²) in [5.41, 5.74) is 1.94. The molecule has 2 amide bonds. The number of urea groups is 1. The van der Waals surface area contributed by atoms with E-state index < -0.39 is 23.8 Å². The summed E-state index contributed by atoms with van der Waals surface area (Å²) < 4.78 is 38.2. The Hall–Kier alpha value is -3.30. The van der Waals surface area contributed by atoms with Gasteiger partial charge in [0.15, 0.2) is 11.6 Å². The van der Waals surface area contributed by atoms with Gasteiger partial charge in [-0.3, -0.25) is 5.32 Å². The van der Waals surface area contributed by atoms with E-state index in [9.17, 15) is 13.6 Å². The Morgan fingerprint density at radius 3 is 2.73 bits per heavy atom. The summed E-state index contributed by atoms with van der Waals surface area (Å²) in [7, 11) is 1.53. The summed E-state index contributed by atoms with van der Waals surface area (Å²) in [6.07, 6.45) is 0.0984. The zero-order valence-electron chi connectivity index (χ0n) is 18.4. The van der Waals surface area contributed by atoms with E-state index in [2.05, 4.69) is 20.9 Å². The second-order valence-electron chi connectivity index (χ2n) is 8.06. The number of anilines is 1. The number of nitrogens with one attached hydrogen (secondary N) is 3. The molecule has 1 aliphatic heterocycles. The fourth-order valence-electron chi connectivity index (χ4n) is 4.03. The monoisotopic (exact) mass is 456 g/mol. The van der Waals surface area contributed by atoms with E-state index in [1.165, 1.54) is 13.2 Å². The summed E-state index contributed by atoms with van der Waals surface area (Å²) in [6, 6.07) is 12.6. The van der Waals surface area contributed by atoms with Crippen LogP contribution in [0.2, 0.25) is 0 Å². The molecule has 0 spiro atoms. The van der Waals surface area contributed by atoms with Crippen molar-refractivity contribution in [3.63, 3.8) is 0 Å². The van der Waals surface area contributed by atoms with Gasteiger partial charge in [-0.15, -0.1) is 0 Å². The zero-order valence-corrected chi connectivity index (χ0v) is 18.4. The Kier molecular flexibility index (Phi) is 7.00. The number of ether oxygens (including phenoxy) is 1. The Bertz CT molecular complexity index is 1110. The number of hydrogen-bond donors (Lipinski definition) is 3. The number of aromatic nitrogens is 1. The van der Waals surface area contributed by atoms with E-state index in [0.717, 1.165) is 17.7 Å². The number of hydrogen-bond acceptors (Lipinski definition) is 5. The molecule has 3 N–H and O–H groups in total. The van der Waals surface area contributed by atoms with Crippen molar-refractivity contribution in [2.45, 2.75) is 25.5 Å². The minimum absolute atomic E-state index is 0.0320. The smallest absolute Gasteiger partial charge is 0.321 e. The van der Waals surface area contributed by atoms with Crippen molar-refractivity contribution in [2.24, 2.45) is 5.92 Å². The molecule has 2 heterocycles. The van der Waals surface area contributed by atoms with E-state index in [1.54, 1.807) is 6.92 Å². The molecule has 7 nitrogen and oxygen atoms in total. The van der Waals surface area contributed by atoms with Crippen LogP contribution in [0.4, 0.5) is 19.5 Å². The number of nitrogens with zero attached hydrogens (tertiary/aromatic N) is 1. The minimum Gasteiger partial charge on any atom is -0.420 e. The second-order valence-corrected chi connectivity index (χ2v) is 8.06. The minimum atomic E-state index is -0.912. The summed E-state index contributed by atoms with van der Waals surface area (Å²) in [6.45, 7) is 3.00. The lowest BCUT2D eigenvalue weighted by atomic mass is 9.93. The molecule has 174 valence electrons. The van der Waals surface area contributed by atoms with Gasteiger partial charge in [-0.1, -0.05) is 24.3 Å². The number of carbonyl (C=O) groups excluding carboxylic acids is 1. The second kappa shape index (κ2) is 10.1. The fourth-order valence-corrected chi connectivity index (χ4v) is 4.03. The maximum atomic E-state index is 13.7. The van der Waals surface area contributed by atoms with Crippen LogP contribution >= 0.6 is 0 Å². The molecule has 2 aromatic carbocycles. The van der Waals surface area contributed by atoms with Gasteiger partial charge in [0.05, 0.1) is 6.10 Å². The number of rotatable bonds is 7. The van der Waals surface area contributed by atoms with E-state index in [0.29, 0.717) is 36.7 Å². The van der Waals surface area contributed by atoms with Gasteiger partial charge in [0.25, 0.3) is 0 Å². The van der Waals surface area contributed by atoms with Crippen LogP contribution in [0.5, 0.6) is 0 Å². The molecule has 3 aromatic rings. The third-order valence-electron chi connectivity index (χ3n) is 5.82. The molecular formula is C24H26F2N4O3. The van der Waals surface area contributed by atoms with Crippen molar-refractivity contribution in [1.82, 2.24) is 15.6 Å². The third-order valence-corrected chi connectivity index (χ3v) is 5.82. The predicted molar refractivity (Wildman–Crippen MR) is 120 cm³/mol. The van der Waals surface area contributed by atoms with E-state index in [1.807, 2.05) is 30.3 Å². The molecule has 0 aliphatic carbocycles. The first kappa shape index (κ1) is 22.9. The van der Waals surface area contributed by atoms with Crippen molar-refractivity contribution in [2.75, 3.05) is 25.5 Å². The normalized spacial score (nSPS) is 18.8. The van der Waals surface area contributed by atoms with Gasteiger partial charge in [-0.25, -0.2) is 18.6 Å². The quantitative estimate of drug-likeness (QED) is 0.490. The van der Waals surface area contributed by atoms with Crippen molar-refractivity contribution >= 4 is 11.9 Å². The van der Waals surface area contributed by atoms with E-state index >= 15 is 0 Å². The predicted octanol–water partition coefficient (Wildman–Crippen LogP) is 4.42. The number of aryl methyl sites for hydroxylation is 1. The summed E-state index contributed by atoms with van der Waals surface area (Å²) >= 11 is 0. The molecule has 9 heteroatoms. The van der Waals surface area contributed by atoms with Crippen molar-refractivity contribution in [3.8, 4) is 11.5 Å². The van der Waals surface area contributed by atoms with Crippen LogP contribution in [-0.2, 0) is 4.74 Å². The van der Waals surface area contributed by atoms with Crippen molar-refractivity contribution < 1.29 is 22.7 Å². The fraction of sp³-hybridized carbons (Fsp3) is 0.333. The topological polar surface area (TPSA) is 88.4 Å². The lowest BCUT2D eigenvalue weighted by Crippen LogP contribution is -2.43. The Morgan fingerprint density at radius 1 is 1.21 bits per heavy atom. The Balaban J connectivity index is 1.38. The Morgan fingerprint density at radius 2 is 2.00 bits per heavy atom. The summed E-state index contributed by atoms with van der Waals surface area (Å²) in [4.78, 5) is 17.0. The van der Waals surface area contributed by atoms with Crippen molar-refractivity contribution in [3.05, 3.63) is 71.4 Å². The highest BCUT2D eigenvalue weighted by molar-refractivity contribution is 5.88. The summed E-state index contributed by atoms with van der Waals surface area (Å²) in [5, 5.41) is 8.96. The van der Waals surface area contributed by atoms with Crippen LogP contribution in [-0.4, -0.2) is 37.3 Å². The van der Waals surface area contributed by atoms with Gasteiger partial charge >= 0.3 is 6.03 Å². The molecule has 0 radical (unpaired) electrons. The van der Waals surface area contributed by atoms with Gasteiger partial charge in [0.1, 0.15) is 5.69 Å². The first-order chi connectivity index (χ1) is 15.9. The van der Waals surface area contributed by atoms with Gasteiger partial charge in [-0.2, -0.15) is 0 Å². The van der Waals surface area contributed by atoms with Crippen LogP contribution in [0.1, 0.15) is 23.8 Å².